The minimum Gasteiger partial charge on any atom is -0.493 e. The molecular formula is C24H16N4O9. The lowest BCUT2D eigenvalue weighted by Gasteiger charge is -2.11. The first-order valence-corrected chi connectivity index (χ1v) is 10.2. The van der Waals surface area contributed by atoms with Crippen molar-refractivity contribution in [1.29, 1.82) is 5.26 Å². The number of carboxylic acid groups (broad SMARTS) is 1. The van der Waals surface area contributed by atoms with Gasteiger partial charge in [-0.25, -0.2) is 4.79 Å². The van der Waals surface area contributed by atoms with E-state index in [0.29, 0.717) is 5.56 Å². The standard InChI is InChI=1S/C24H16N4O9/c1-36-22-11-14(10-16(13-25)23(29)26-17-5-3-15(4-6-17)24(30)31)2-8-21(22)37-20-9-7-18(27(32)33)12-19(20)28(34)35/h2-12H,1H3,(H,26,29)(H,30,31)/b16-10+. The Morgan fingerprint density at radius 3 is 2.22 bits per heavy atom. The molecule has 0 fully saturated rings. The molecule has 37 heavy (non-hydrogen) atoms. The number of benzene rings is 3. The largest absolute Gasteiger partial charge is 0.493 e. The van der Waals surface area contributed by atoms with Gasteiger partial charge in [0.05, 0.1) is 28.6 Å². The molecule has 3 aromatic carbocycles. The summed E-state index contributed by atoms with van der Waals surface area (Å²) in [6.07, 6.45) is 1.27. The van der Waals surface area contributed by atoms with Crippen molar-refractivity contribution in [2.24, 2.45) is 0 Å². The Kier molecular flexibility index (Phi) is 7.76. The fraction of sp³-hybridized carbons (Fsp3) is 0.0417. The van der Waals surface area contributed by atoms with E-state index in [1.807, 2.05) is 0 Å². The van der Waals surface area contributed by atoms with Gasteiger partial charge in [-0.05, 0) is 54.1 Å². The highest BCUT2D eigenvalue weighted by Gasteiger charge is 2.22. The maximum atomic E-state index is 12.5. The molecule has 186 valence electrons. The zero-order valence-electron chi connectivity index (χ0n) is 18.9. The number of carbonyl (C=O) groups excluding carboxylic acids is 1. The summed E-state index contributed by atoms with van der Waals surface area (Å²) < 4.78 is 10.8. The predicted molar refractivity (Wildman–Crippen MR) is 128 cm³/mol. The summed E-state index contributed by atoms with van der Waals surface area (Å²) in [5, 5.41) is 43.2. The van der Waals surface area contributed by atoms with Crippen molar-refractivity contribution in [3.63, 3.8) is 0 Å². The zero-order valence-corrected chi connectivity index (χ0v) is 18.9. The molecule has 0 aliphatic rings. The van der Waals surface area contributed by atoms with Gasteiger partial charge in [0.15, 0.2) is 11.5 Å². The molecule has 0 atom stereocenters. The number of carboxylic acids is 1. The van der Waals surface area contributed by atoms with Crippen molar-refractivity contribution < 1.29 is 34.0 Å². The van der Waals surface area contributed by atoms with Gasteiger partial charge in [-0.3, -0.25) is 25.0 Å². The van der Waals surface area contributed by atoms with E-state index < -0.39 is 33.1 Å². The van der Waals surface area contributed by atoms with Gasteiger partial charge < -0.3 is 19.9 Å². The monoisotopic (exact) mass is 504 g/mol. The van der Waals surface area contributed by atoms with Crippen molar-refractivity contribution in [2.75, 3.05) is 12.4 Å². The summed E-state index contributed by atoms with van der Waals surface area (Å²) in [5.41, 5.74) is -0.712. The van der Waals surface area contributed by atoms with Crippen LogP contribution in [0.15, 0.2) is 66.2 Å². The number of ether oxygens (including phenoxy) is 2. The topological polar surface area (TPSA) is 195 Å². The first-order chi connectivity index (χ1) is 17.6. The number of methoxy groups -OCH3 is 1. The molecule has 13 heteroatoms. The average molecular weight is 504 g/mol. The fourth-order valence-electron chi connectivity index (χ4n) is 3.03. The maximum Gasteiger partial charge on any atom is 0.335 e. The number of nitro groups is 2. The predicted octanol–water partition coefficient (Wildman–Crippen LogP) is 4.55. The van der Waals surface area contributed by atoms with Gasteiger partial charge in [-0.15, -0.1) is 0 Å². The molecule has 0 radical (unpaired) electrons. The number of nitrogens with zero attached hydrogens (tertiary/aromatic N) is 3. The number of non-ortho nitro benzene ring substituents is 1. The van der Waals surface area contributed by atoms with Crippen LogP contribution in [-0.2, 0) is 4.79 Å². The molecule has 0 bridgehead atoms. The van der Waals surface area contributed by atoms with E-state index in [9.17, 15) is 35.1 Å². The Bertz CT molecular complexity index is 1470. The van der Waals surface area contributed by atoms with Crippen LogP contribution in [0.25, 0.3) is 6.08 Å². The highest BCUT2D eigenvalue weighted by molar-refractivity contribution is 6.09. The molecular weight excluding hydrogens is 488 g/mol. The summed E-state index contributed by atoms with van der Waals surface area (Å²) in [6, 6.07) is 14.3. The van der Waals surface area contributed by atoms with Gasteiger partial charge in [-0.2, -0.15) is 5.26 Å². The lowest BCUT2D eigenvalue weighted by Crippen LogP contribution is -2.13. The third-order valence-electron chi connectivity index (χ3n) is 4.82. The number of hydrogen-bond donors (Lipinski definition) is 2. The van der Waals surface area contributed by atoms with Crippen LogP contribution in [0.4, 0.5) is 17.1 Å². The minimum absolute atomic E-state index is 0.0301. The van der Waals surface area contributed by atoms with Gasteiger partial charge in [-0.1, -0.05) is 6.07 Å². The highest BCUT2D eigenvalue weighted by atomic mass is 16.6. The highest BCUT2D eigenvalue weighted by Crippen LogP contribution is 2.38. The van der Waals surface area contributed by atoms with Crippen LogP contribution in [-0.4, -0.2) is 33.9 Å². The molecule has 0 aromatic heterocycles. The maximum absolute atomic E-state index is 12.5. The van der Waals surface area contributed by atoms with Crippen molar-refractivity contribution in [3.8, 4) is 23.3 Å². The second-order valence-electron chi connectivity index (χ2n) is 7.19. The summed E-state index contributed by atoms with van der Waals surface area (Å²) in [5.74, 6) is -1.99. The number of anilines is 1. The first-order valence-electron chi connectivity index (χ1n) is 10.2. The van der Waals surface area contributed by atoms with Gasteiger partial charge in [0.1, 0.15) is 11.6 Å². The van der Waals surface area contributed by atoms with E-state index in [1.165, 1.54) is 55.7 Å². The first kappa shape index (κ1) is 25.8. The van der Waals surface area contributed by atoms with Crippen LogP contribution < -0.4 is 14.8 Å². The molecule has 0 aliphatic carbocycles. The SMILES string of the molecule is COc1cc(/C=C(\C#N)C(=O)Nc2ccc(C(=O)O)cc2)ccc1Oc1ccc([N+](=O)[O-])cc1[N+](=O)[O-]. The molecule has 0 saturated carbocycles. The Morgan fingerprint density at radius 2 is 1.65 bits per heavy atom. The smallest absolute Gasteiger partial charge is 0.335 e. The van der Waals surface area contributed by atoms with E-state index in [1.54, 1.807) is 6.07 Å². The van der Waals surface area contributed by atoms with Crippen LogP contribution in [0.1, 0.15) is 15.9 Å². The number of nitro benzene ring substituents is 2. The van der Waals surface area contributed by atoms with Crippen molar-refractivity contribution in [1.82, 2.24) is 0 Å². The number of amides is 1. The molecule has 1 amide bonds. The number of nitriles is 1. The third kappa shape index (κ3) is 6.22. The normalized spacial score (nSPS) is 10.6. The molecule has 0 saturated heterocycles. The van der Waals surface area contributed by atoms with Crippen LogP contribution in [0, 0.1) is 31.6 Å². The lowest BCUT2D eigenvalue weighted by atomic mass is 10.1. The van der Waals surface area contributed by atoms with Crippen LogP contribution >= 0.6 is 0 Å². The average Bonchev–Trinajstić information content (AvgIpc) is 2.88. The molecule has 3 rings (SSSR count). The third-order valence-corrected chi connectivity index (χ3v) is 4.82. The molecule has 0 aliphatic heterocycles. The number of rotatable bonds is 9. The Hall–Kier alpha value is -5.77. The summed E-state index contributed by atoms with van der Waals surface area (Å²) in [7, 11) is 1.30. The van der Waals surface area contributed by atoms with Gasteiger partial charge >= 0.3 is 11.7 Å². The Balaban J connectivity index is 1.85. The van der Waals surface area contributed by atoms with Crippen LogP contribution in [0.3, 0.4) is 0 Å². The number of carbonyl (C=O) groups is 2. The lowest BCUT2D eigenvalue weighted by molar-refractivity contribution is -0.394. The van der Waals surface area contributed by atoms with Gasteiger partial charge in [0, 0.05) is 11.8 Å². The number of aromatic carboxylic acids is 1. The van der Waals surface area contributed by atoms with Crippen molar-refractivity contribution >= 4 is 35.0 Å². The summed E-state index contributed by atoms with van der Waals surface area (Å²) in [6.45, 7) is 0. The molecule has 3 aromatic rings. The van der Waals surface area contributed by atoms with Crippen molar-refractivity contribution in [3.05, 3.63) is 97.6 Å². The van der Waals surface area contributed by atoms with Gasteiger partial charge in [0.2, 0.25) is 5.75 Å². The van der Waals surface area contributed by atoms with E-state index in [4.69, 9.17) is 14.6 Å². The Morgan fingerprint density at radius 1 is 0.973 bits per heavy atom. The number of nitrogens with one attached hydrogen (secondary N) is 1. The van der Waals surface area contributed by atoms with E-state index in [0.717, 1.165) is 18.2 Å². The van der Waals surface area contributed by atoms with Crippen LogP contribution in [0.2, 0.25) is 0 Å². The molecule has 2 N–H and O–H groups in total. The van der Waals surface area contributed by atoms with E-state index in [2.05, 4.69) is 5.32 Å². The minimum atomic E-state index is -1.12. The van der Waals surface area contributed by atoms with Crippen LogP contribution in [0.5, 0.6) is 17.2 Å². The second kappa shape index (κ2) is 11.1. The van der Waals surface area contributed by atoms with Crippen molar-refractivity contribution in [2.45, 2.75) is 0 Å². The molecule has 0 spiro atoms. The molecule has 0 heterocycles. The van der Waals surface area contributed by atoms with Gasteiger partial charge in [0.25, 0.3) is 11.6 Å². The molecule has 0 unspecified atom stereocenters. The Labute approximate surface area is 208 Å². The molecule has 13 nitrogen and oxygen atoms in total. The summed E-state index contributed by atoms with van der Waals surface area (Å²) in [4.78, 5) is 44.2. The van der Waals surface area contributed by atoms with E-state index >= 15 is 0 Å². The summed E-state index contributed by atoms with van der Waals surface area (Å²) >= 11 is 0. The van der Waals surface area contributed by atoms with E-state index in [-0.39, 0.29) is 34.1 Å². The zero-order chi connectivity index (χ0) is 27.1. The fourth-order valence-corrected chi connectivity index (χ4v) is 3.03. The quantitative estimate of drug-likeness (QED) is 0.180. The second-order valence-corrected chi connectivity index (χ2v) is 7.19. The number of hydrogen-bond acceptors (Lipinski definition) is 9.